The maximum absolute atomic E-state index is 12.1. The van der Waals surface area contributed by atoms with Crippen molar-refractivity contribution in [3.63, 3.8) is 0 Å². The van der Waals surface area contributed by atoms with Gasteiger partial charge in [0.2, 0.25) is 0 Å². The van der Waals surface area contributed by atoms with E-state index in [-0.39, 0.29) is 5.69 Å². The lowest BCUT2D eigenvalue weighted by atomic mass is 10.3. The molecule has 110 valence electrons. The Bertz CT molecular complexity index is 615. The first-order valence-electron chi connectivity index (χ1n) is 6.10. The summed E-state index contributed by atoms with van der Waals surface area (Å²) in [5, 5.41) is 2.09. The van der Waals surface area contributed by atoms with Crippen molar-refractivity contribution in [3.8, 4) is 17.2 Å². The molecule has 0 spiro atoms. The van der Waals surface area contributed by atoms with Gasteiger partial charge in [0.1, 0.15) is 5.75 Å². The van der Waals surface area contributed by atoms with Crippen molar-refractivity contribution in [1.82, 2.24) is 0 Å². The van der Waals surface area contributed by atoms with E-state index in [9.17, 15) is 13.6 Å². The van der Waals surface area contributed by atoms with Crippen molar-refractivity contribution >= 4 is 11.6 Å². The third-order valence-electron chi connectivity index (χ3n) is 2.62. The van der Waals surface area contributed by atoms with E-state index in [1.54, 1.807) is 30.3 Å². The standard InChI is InChI=1S/C15H13F2NO3/c1-20-12-4-2-3-5-13(12)21-11-8-6-10(7-9-11)18-15(19)14(16)17/h2-9,14H,1H3,(H,18,19). The van der Waals surface area contributed by atoms with Crippen LogP contribution in [-0.2, 0) is 4.79 Å². The van der Waals surface area contributed by atoms with Crippen LogP contribution in [0, 0.1) is 0 Å². The Morgan fingerprint density at radius 2 is 1.67 bits per heavy atom. The monoisotopic (exact) mass is 293 g/mol. The number of halogens is 2. The van der Waals surface area contributed by atoms with Gasteiger partial charge < -0.3 is 14.8 Å². The summed E-state index contributed by atoms with van der Waals surface area (Å²) in [6.45, 7) is 0. The van der Waals surface area contributed by atoms with Crippen LogP contribution < -0.4 is 14.8 Å². The van der Waals surface area contributed by atoms with Crippen LogP contribution in [0.3, 0.4) is 0 Å². The highest BCUT2D eigenvalue weighted by Crippen LogP contribution is 2.31. The molecule has 0 bridgehead atoms. The van der Waals surface area contributed by atoms with Gasteiger partial charge in [0.25, 0.3) is 5.91 Å². The maximum atomic E-state index is 12.1. The van der Waals surface area contributed by atoms with Crippen molar-refractivity contribution in [3.05, 3.63) is 48.5 Å². The summed E-state index contributed by atoms with van der Waals surface area (Å²) in [4.78, 5) is 10.9. The lowest BCUT2D eigenvalue weighted by Crippen LogP contribution is -2.19. The van der Waals surface area contributed by atoms with E-state index in [1.807, 2.05) is 6.07 Å². The number of amides is 1. The highest BCUT2D eigenvalue weighted by molar-refractivity contribution is 5.93. The third kappa shape index (κ3) is 3.92. The van der Waals surface area contributed by atoms with Gasteiger partial charge in [0.15, 0.2) is 11.5 Å². The Kier molecular flexibility index (Phi) is 4.71. The number of nitrogens with one attached hydrogen (secondary N) is 1. The number of ether oxygens (including phenoxy) is 2. The zero-order chi connectivity index (χ0) is 15.2. The van der Waals surface area contributed by atoms with Crippen LogP contribution in [0.5, 0.6) is 17.2 Å². The zero-order valence-electron chi connectivity index (χ0n) is 11.2. The first kappa shape index (κ1) is 14.8. The molecule has 1 N–H and O–H groups in total. The second kappa shape index (κ2) is 6.69. The number of methoxy groups -OCH3 is 1. The van der Waals surface area contributed by atoms with Gasteiger partial charge in [-0.3, -0.25) is 4.79 Å². The molecule has 0 fully saturated rings. The highest BCUT2D eigenvalue weighted by atomic mass is 19.3. The Morgan fingerprint density at radius 1 is 1.05 bits per heavy atom. The fraction of sp³-hybridized carbons (Fsp3) is 0.133. The molecule has 0 saturated carbocycles. The number of anilines is 1. The summed E-state index contributed by atoms with van der Waals surface area (Å²) in [5.41, 5.74) is 0.271. The lowest BCUT2D eigenvalue weighted by molar-refractivity contribution is -0.126. The molecular weight excluding hydrogens is 280 g/mol. The molecule has 21 heavy (non-hydrogen) atoms. The highest BCUT2D eigenvalue weighted by Gasteiger charge is 2.14. The van der Waals surface area contributed by atoms with Crippen molar-refractivity contribution in [2.45, 2.75) is 6.43 Å². The molecular formula is C15H13F2NO3. The number of para-hydroxylation sites is 2. The molecule has 0 saturated heterocycles. The minimum Gasteiger partial charge on any atom is -0.493 e. The largest absolute Gasteiger partial charge is 0.493 e. The van der Waals surface area contributed by atoms with Crippen LogP contribution in [0.1, 0.15) is 0 Å². The van der Waals surface area contributed by atoms with E-state index >= 15 is 0 Å². The molecule has 0 aliphatic heterocycles. The normalized spacial score (nSPS) is 10.3. The van der Waals surface area contributed by atoms with Crippen molar-refractivity contribution < 1.29 is 23.0 Å². The third-order valence-corrected chi connectivity index (χ3v) is 2.62. The Labute approximate surface area is 120 Å². The van der Waals surface area contributed by atoms with Gasteiger partial charge in [-0.25, -0.2) is 0 Å². The first-order valence-corrected chi connectivity index (χ1v) is 6.10. The lowest BCUT2D eigenvalue weighted by Gasteiger charge is -2.10. The van der Waals surface area contributed by atoms with E-state index in [1.165, 1.54) is 19.2 Å². The zero-order valence-corrected chi connectivity index (χ0v) is 11.2. The van der Waals surface area contributed by atoms with Gasteiger partial charge in [-0.2, -0.15) is 8.78 Å². The summed E-state index contributed by atoms with van der Waals surface area (Å²) in [7, 11) is 1.53. The smallest absolute Gasteiger partial charge is 0.315 e. The number of carbonyl (C=O) groups is 1. The number of rotatable bonds is 5. The summed E-state index contributed by atoms with van der Waals surface area (Å²) < 4.78 is 35.0. The molecule has 0 atom stereocenters. The van der Waals surface area contributed by atoms with Crippen molar-refractivity contribution in [2.24, 2.45) is 0 Å². The van der Waals surface area contributed by atoms with Gasteiger partial charge in [-0.15, -0.1) is 0 Å². The van der Waals surface area contributed by atoms with E-state index in [4.69, 9.17) is 9.47 Å². The number of benzene rings is 2. The fourth-order valence-electron chi connectivity index (χ4n) is 1.63. The molecule has 0 aliphatic carbocycles. The van der Waals surface area contributed by atoms with Crippen LogP contribution in [0.2, 0.25) is 0 Å². The predicted molar refractivity (Wildman–Crippen MR) is 74.1 cm³/mol. The minimum atomic E-state index is -3.05. The SMILES string of the molecule is COc1ccccc1Oc1ccc(NC(=O)C(F)F)cc1. The van der Waals surface area contributed by atoms with E-state index in [0.29, 0.717) is 17.2 Å². The number of carbonyl (C=O) groups excluding carboxylic acids is 1. The van der Waals surface area contributed by atoms with Crippen LogP contribution in [0.4, 0.5) is 14.5 Å². The average Bonchev–Trinajstić information content (AvgIpc) is 2.49. The van der Waals surface area contributed by atoms with E-state index < -0.39 is 12.3 Å². The van der Waals surface area contributed by atoms with Gasteiger partial charge in [-0.05, 0) is 36.4 Å². The molecule has 0 unspecified atom stereocenters. The fourth-order valence-corrected chi connectivity index (χ4v) is 1.63. The van der Waals surface area contributed by atoms with Gasteiger partial charge in [0, 0.05) is 5.69 Å². The Hall–Kier alpha value is -2.63. The Morgan fingerprint density at radius 3 is 2.24 bits per heavy atom. The molecule has 6 heteroatoms. The Balaban J connectivity index is 2.07. The van der Waals surface area contributed by atoms with Gasteiger partial charge in [0.05, 0.1) is 7.11 Å². The second-order valence-corrected chi connectivity index (χ2v) is 4.07. The topological polar surface area (TPSA) is 47.6 Å². The van der Waals surface area contributed by atoms with E-state index in [2.05, 4.69) is 5.32 Å². The van der Waals surface area contributed by atoms with Crippen LogP contribution in [0.15, 0.2) is 48.5 Å². The quantitative estimate of drug-likeness (QED) is 0.914. The molecule has 0 aliphatic rings. The molecule has 1 amide bonds. The maximum Gasteiger partial charge on any atom is 0.315 e. The number of alkyl halides is 2. The molecule has 2 aromatic carbocycles. The van der Waals surface area contributed by atoms with Crippen LogP contribution in [0.25, 0.3) is 0 Å². The minimum absolute atomic E-state index is 0.271. The number of hydrogen-bond acceptors (Lipinski definition) is 3. The molecule has 0 radical (unpaired) electrons. The van der Waals surface area contributed by atoms with Gasteiger partial charge in [-0.1, -0.05) is 12.1 Å². The summed E-state index contributed by atoms with van der Waals surface area (Å²) in [5.74, 6) is 0.264. The molecule has 0 aromatic heterocycles. The first-order chi connectivity index (χ1) is 10.1. The van der Waals surface area contributed by atoms with E-state index in [0.717, 1.165) is 0 Å². The molecule has 2 rings (SSSR count). The summed E-state index contributed by atoms with van der Waals surface area (Å²) in [6, 6.07) is 13.2. The number of hydrogen-bond donors (Lipinski definition) is 1. The van der Waals surface area contributed by atoms with Crippen molar-refractivity contribution in [2.75, 3.05) is 12.4 Å². The predicted octanol–water partition coefficient (Wildman–Crippen LogP) is 3.69. The van der Waals surface area contributed by atoms with Crippen molar-refractivity contribution in [1.29, 1.82) is 0 Å². The average molecular weight is 293 g/mol. The summed E-state index contributed by atoms with van der Waals surface area (Å²) in [6.07, 6.45) is -3.05. The van der Waals surface area contributed by atoms with Crippen LogP contribution >= 0.6 is 0 Å². The molecule has 4 nitrogen and oxygen atoms in total. The molecule has 0 heterocycles. The second-order valence-electron chi connectivity index (χ2n) is 4.07. The van der Waals surface area contributed by atoms with Gasteiger partial charge >= 0.3 is 6.43 Å². The molecule has 2 aromatic rings. The van der Waals surface area contributed by atoms with Crippen LogP contribution in [-0.4, -0.2) is 19.4 Å². The summed E-state index contributed by atoms with van der Waals surface area (Å²) >= 11 is 0.